The van der Waals surface area contributed by atoms with Crippen molar-refractivity contribution >= 4 is 21.9 Å². The second-order valence-electron chi connectivity index (χ2n) is 6.24. The standard InChI is InChI=1S/C17H23N3O5S/c1-11(2)17(4,10-18)20-15(21)12(3)25-16(22)13-7-6-8-14(9-13)26(23,24)19-5/h6-9,11-12,19H,1-5H3,(H,20,21)/t12-,17+/m0/s1. The molecule has 0 spiro atoms. The van der Waals surface area contributed by atoms with Gasteiger partial charge in [0.15, 0.2) is 6.10 Å². The SMILES string of the molecule is CNS(=O)(=O)c1cccc(C(=O)O[C@@H](C)C(=O)N[C@](C)(C#N)C(C)C)c1. The highest BCUT2D eigenvalue weighted by atomic mass is 32.2. The van der Waals surface area contributed by atoms with Crippen LogP contribution in [0, 0.1) is 17.2 Å². The van der Waals surface area contributed by atoms with Crippen LogP contribution < -0.4 is 10.0 Å². The van der Waals surface area contributed by atoms with Crippen molar-refractivity contribution in [2.45, 2.75) is 44.2 Å². The molecule has 0 heterocycles. The summed E-state index contributed by atoms with van der Waals surface area (Å²) in [5, 5.41) is 11.8. The Hall–Kier alpha value is -2.44. The molecule has 0 saturated carbocycles. The molecule has 8 nitrogen and oxygen atoms in total. The largest absolute Gasteiger partial charge is 0.449 e. The Balaban J connectivity index is 2.90. The molecule has 0 aliphatic carbocycles. The highest BCUT2D eigenvalue weighted by Crippen LogP contribution is 2.16. The molecule has 1 aromatic rings. The molecule has 1 amide bonds. The van der Waals surface area contributed by atoms with Gasteiger partial charge in [-0.05, 0) is 45.0 Å². The van der Waals surface area contributed by atoms with Crippen LogP contribution >= 0.6 is 0 Å². The number of rotatable bonds is 7. The molecule has 1 rings (SSSR count). The molecule has 26 heavy (non-hydrogen) atoms. The second kappa shape index (κ2) is 8.29. The van der Waals surface area contributed by atoms with Gasteiger partial charge in [0, 0.05) is 0 Å². The number of carbonyl (C=O) groups excluding carboxylic acids is 2. The van der Waals surface area contributed by atoms with Gasteiger partial charge in [0.05, 0.1) is 16.5 Å². The summed E-state index contributed by atoms with van der Waals surface area (Å²) in [6, 6.07) is 7.31. The van der Waals surface area contributed by atoms with Crippen LogP contribution in [0.3, 0.4) is 0 Å². The van der Waals surface area contributed by atoms with E-state index in [0.717, 1.165) is 6.07 Å². The maximum atomic E-state index is 12.2. The van der Waals surface area contributed by atoms with Gasteiger partial charge in [-0.3, -0.25) is 4.79 Å². The van der Waals surface area contributed by atoms with E-state index in [4.69, 9.17) is 4.74 Å². The van der Waals surface area contributed by atoms with Gasteiger partial charge in [-0.1, -0.05) is 19.9 Å². The van der Waals surface area contributed by atoms with Crippen molar-refractivity contribution < 1.29 is 22.7 Å². The van der Waals surface area contributed by atoms with Crippen molar-refractivity contribution in [2.75, 3.05) is 7.05 Å². The summed E-state index contributed by atoms with van der Waals surface area (Å²) in [4.78, 5) is 24.3. The van der Waals surface area contributed by atoms with Gasteiger partial charge in [0.25, 0.3) is 5.91 Å². The van der Waals surface area contributed by atoms with Crippen LogP contribution in [0.25, 0.3) is 0 Å². The fourth-order valence-corrected chi connectivity index (χ4v) is 2.62. The number of amides is 1. The number of esters is 1. The monoisotopic (exact) mass is 381 g/mol. The van der Waals surface area contributed by atoms with E-state index >= 15 is 0 Å². The number of ether oxygens (including phenoxy) is 1. The number of benzene rings is 1. The predicted octanol–water partition coefficient (Wildman–Crippen LogP) is 1.19. The summed E-state index contributed by atoms with van der Waals surface area (Å²) in [5.41, 5.74) is -1.11. The first-order chi connectivity index (χ1) is 12.0. The van der Waals surface area contributed by atoms with Crippen molar-refractivity contribution in [1.29, 1.82) is 5.26 Å². The first-order valence-electron chi connectivity index (χ1n) is 7.94. The topological polar surface area (TPSA) is 125 Å². The Kier molecular flexibility index (Phi) is 6.89. The Bertz CT molecular complexity index is 829. The molecule has 0 fully saturated rings. The number of hydrogen-bond donors (Lipinski definition) is 2. The van der Waals surface area contributed by atoms with E-state index < -0.39 is 33.5 Å². The third-order valence-electron chi connectivity index (χ3n) is 4.07. The van der Waals surface area contributed by atoms with Gasteiger partial charge in [0.2, 0.25) is 10.0 Å². The van der Waals surface area contributed by atoms with Crippen LogP contribution in [-0.2, 0) is 19.6 Å². The third-order valence-corrected chi connectivity index (χ3v) is 5.48. The molecule has 142 valence electrons. The van der Waals surface area contributed by atoms with Crippen LogP contribution in [0.4, 0.5) is 0 Å². The van der Waals surface area contributed by atoms with E-state index in [1.165, 1.54) is 32.2 Å². The maximum absolute atomic E-state index is 12.2. The third kappa shape index (κ3) is 5.03. The minimum absolute atomic E-state index is 0.00659. The minimum atomic E-state index is -3.71. The first-order valence-corrected chi connectivity index (χ1v) is 9.43. The molecule has 9 heteroatoms. The van der Waals surface area contributed by atoms with E-state index in [1.807, 2.05) is 6.07 Å². The molecule has 0 bridgehead atoms. The summed E-state index contributed by atoms with van der Waals surface area (Å²) in [6.07, 6.45) is -1.15. The molecule has 0 radical (unpaired) electrons. The maximum Gasteiger partial charge on any atom is 0.338 e. The van der Waals surface area contributed by atoms with Crippen molar-refractivity contribution in [3.8, 4) is 6.07 Å². The average Bonchev–Trinajstić information content (AvgIpc) is 2.61. The zero-order valence-corrected chi connectivity index (χ0v) is 16.2. The van der Waals surface area contributed by atoms with Crippen LogP contribution in [0.15, 0.2) is 29.2 Å². The van der Waals surface area contributed by atoms with Gasteiger partial charge in [-0.25, -0.2) is 17.9 Å². The van der Waals surface area contributed by atoms with Crippen molar-refractivity contribution in [1.82, 2.24) is 10.0 Å². The predicted molar refractivity (Wildman–Crippen MR) is 94.6 cm³/mol. The Morgan fingerprint density at radius 3 is 2.38 bits per heavy atom. The molecule has 1 aromatic carbocycles. The van der Waals surface area contributed by atoms with Gasteiger partial charge in [0.1, 0.15) is 5.54 Å². The quantitative estimate of drug-likeness (QED) is 0.684. The molecular formula is C17H23N3O5S. The fraction of sp³-hybridized carbons (Fsp3) is 0.471. The molecule has 2 atom stereocenters. The number of carbonyl (C=O) groups is 2. The smallest absolute Gasteiger partial charge is 0.338 e. The van der Waals surface area contributed by atoms with Gasteiger partial charge in [-0.2, -0.15) is 5.26 Å². The lowest BCUT2D eigenvalue weighted by molar-refractivity contribution is -0.130. The Morgan fingerprint density at radius 1 is 1.27 bits per heavy atom. The summed E-state index contributed by atoms with van der Waals surface area (Å²) >= 11 is 0. The molecule has 0 aliphatic rings. The van der Waals surface area contributed by atoms with Crippen molar-refractivity contribution in [2.24, 2.45) is 5.92 Å². The van der Waals surface area contributed by atoms with E-state index in [-0.39, 0.29) is 16.4 Å². The summed E-state index contributed by atoms with van der Waals surface area (Å²) in [7, 11) is -2.45. The van der Waals surface area contributed by atoms with E-state index in [1.54, 1.807) is 20.8 Å². The van der Waals surface area contributed by atoms with Gasteiger partial charge >= 0.3 is 5.97 Å². The first kappa shape index (κ1) is 21.6. The van der Waals surface area contributed by atoms with Gasteiger partial charge < -0.3 is 10.1 Å². The number of sulfonamides is 1. The van der Waals surface area contributed by atoms with E-state index in [2.05, 4.69) is 10.0 Å². The number of hydrogen-bond acceptors (Lipinski definition) is 6. The number of nitrogens with one attached hydrogen (secondary N) is 2. The van der Waals surface area contributed by atoms with Crippen LogP contribution in [0.5, 0.6) is 0 Å². The molecular weight excluding hydrogens is 358 g/mol. The lowest BCUT2D eigenvalue weighted by Gasteiger charge is -2.28. The zero-order chi connectivity index (χ0) is 20.1. The normalized spacial score (nSPS) is 14.8. The highest BCUT2D eigenvalue weighted by molar-refractivity contribution is 7.89. The Labute approximate surface area is 153 Å². The summed E-state index contributed by atoms with van der Waals surface area (Å²) < 4.78 is 30.8. The number of nitrogens with zero attached hydrogens (tertiary/aromatic N) is 1. The highest BCUT2D eigenvalue weighted by Gasteiger charge is 2.32. The van der Waals surface area contributed by atoms with Crippen LogP contribution in [0.1, 0.15) is 38.1 Å². The summed E-state index contributed by atoms with van der Waals surface area (Å²) in [5.74, 6) is -1.61. The van der Waals surface area contributed by atoms with Crippen molar-refractivity contribution in [3.63, 3.8) is 0 Å². The lowest BCUT2D eigenvalue weighted by Crippen LogP contribution is -2.52. The molecule has 0 aliphatic heterocycles. The zero-order valence-electron chi connectivity index (χ0n) is 15.4. The van der Waals surface area contributed by atoms with E-state index in [0.29, 0.717) is 0 Å². The minimum Gasteiger partial charge on any atom is -0.449 e. The lowest BCUT2D eigenvalue weighted by atomic mass is 9.90. The Morgan fingerprint density at radius 2 is 1.88 bits per heavy atom. The van der Waals surface area contributed by atoms with Crippen LogP contribution in [-0.4, -0.2) is 39.0 Å². The summed E-state index contributed by atoms with van der Waals surface area (Å²) in [6.45, 7) is 6.53. The second-order valence-corrected chi connectivity index (χ2v) is 8.13. The van der Waals surface area contributed by atoms with Gasteiger partial charge in [-0.15, -0.1) is 0 Å². The van der Waals surface area contributed by atoms with Crippen LogP contribution in [0.2, 0.25) is 0 Å². The molecule has 0 saturated heterocycles. The molecule has 0 unspecified atom stereocenters. The molecule has 0 aromatic heterocycles. The van der Waals surface area contributed by atoms with E-state index in [9.17, 15) is 23.3 Å². The average molecular weight is 381 g/mol. The molecule has 2 N–H and O–H groups in total. The number of nitriles is 1. The van der Waals surface area contributed by atoms with Crippen molar-refractivity contribution in [3.05, 3.63) is 29.8 Å². The fourth-order valence-electron chi connectivity index (χ4n) is 1.85.